The minimum absolute atomic E-state index is 0.103. The molecule has 0 atom stereocenters. The van der Waals surface area contributed by atoms with Gasteiger partial charge in [0.25, 0.3) is 11.8 Å². The smallest absolute Gasteiger partial charge is 0.281 e. The quantitative estimate of drug-likeness (QED) is 0.560. The van der Waals surface area contributed by atoms with E-state index in [1.54, 1.807) is 12.3 Å². The molecule has 174 valence electrons. The number of hydrogen-bond acceptors (Lipinski definition) is 7. The number of carbonyl (C=O) groups excluding carboxylic acids is 2. The first kappa shape index (κ1) is 21.9. The molecular weight excluding hydrogens is 434 g/mol. The Hall–Kier alpha value is -3.89. The van der Waals surface area contributed by atoms with Crippen molar-refractivity contribution in [1.29, 1.82) is 0 Å². The summed E-state index contributed by atoms with van der Waals surface area (Å²) >= 11 is 0. The summed E-state index contributed by atoms with van der Waals surface area (Å²) in [7, 11) is 1.92. The molecule has 2 aliphatic rings. The Morgan fingerprint density at radius 3 is 2.88 bits per heavy atom. The third-order valence-corrected chi connectivity index (χ3v) is 5.93. The highest BCUT2D eigenvalue weighted by Crippen LogP contribution is 2.26. The maximum Gasteiger partial charge on any atom is 0.281 e. The molecule has 2 aliphatic heterocycles. The van der Waals surface area contributed by atoms with Crippen LogP contribution in [0.3, 0.4) is 0 Å². The van der Waals surface area contributed by atoms with Gasteiger partial charge in [0.2, 0.25) is 0 Å². The van der Waals surface area contributed by atoms with Crippen molar-refractivity contribution in [2.75, 3.05) is 44.4 Å². The van der Waals surface area contributed by atoms with E-state index in [1.807, 2.05) is 36.0 Å². The molecule has 0 aliphatic carbocycles. The van der Waals surface area contributed by atoms with E-state index in [2.05, 4.69) is 25.3 Å². The third kappa shape index (κ3) is 4.45. The van der Waals surface area contributed by atoms with Gasteiger partial charge in [0, 0.05) is 73.8 Å². The van der Waals surface area contributed by atoms with Crippen molar-refractivity contribution < 1.29 is 14.3 Å². The highest BCUT2D eigenvalue weighted by Gasteiger charge is 2.25. The van der Waals surface area contributed by atoms with E-state index in [4.69, 9.17) is 4.74 Å². The monoisotopic (exact) mass is 459 g/mol. The summed E-state index contributed by atoms with van der Waals surface area (Å²) in [5.74, 6) is -0.00269. The Labute approximate surface area is 196 Å². The van der Waals surface area contributed by atoms with Gasteiger partial charge in [-0.1, -0.05) is 6.07 Å². The number of rotatable bonds is 6. The fourth-order valence-electron chi connectivity index (χ4n) is 4.11. The number of anilines is 1. The summed E-state index contributed by atoms with van der Waals surface area (Å²) in [6.07, 6.45) is 9.80. The van der Waals surface area contributed by atoms with E-state index in [9.17, 15) is 9.59 Å². The van der Waals surface area contributed by atoms with Crippen molar-refractivity contribution in [1.82, 2.24) is 24.8 Å². The molecule has 1 fully saturated rings. The van der Waals surface area contributed by atoms with Crippen LogP contribution < -0.4 is 10.3 Å². The van der Waals surface area contributed by atoms with Crippen molar-refractivity contribution >= 4 is 40.8 Å². The Morgan fingerprint density at radius 2 is 2.09 bits per heavy atom. The number of ether oxygens (including phenoxy) is 1. The topological polar surface area (TPSA) is 105 Å². The van der Waals surface area contributed by atoms with Gasteiger partial charge in [0.1, 0.15) is 0 Å². The van der Waals surface area contributed by atoms with Crippen LogP contribution in [0.4, 0.5) is 5.82 Å². The second-order valence-corrected chi connectivity index (χ2v) is 8.16. The van der Waals surface area contributed by atoms with Crippen molar-refractivity contribution in [2.45, 2.75) is 0 Å². The van der Waals surface area contributed by atoms with E-state index in [0.717, 1.165) is 49.3 Å². The summed E-state index contributed by atoms with van der Waals surface area (Å²) in [4.78, 5) is 35.9. The fraction of sp³-hybridized carbons (Fsp3) is 0.292. The molecular formula is C24H25N7O3. The van der Waals surface area contributed by atoms with Crippen LogP contribution in [-0.4, -0.2) is 76.9 Å². The summed E-state index contributed by atoms with van der Waals surface area (Å²) in [5.41, 5.74) is 2.82. The van der Waals surface area contributed by atoms with Crippen LogP contribution in [0.15, 0.2) is 53.7 Å². The number of nitrogens with zero attached hydrogens (tertiary/aromatic N) is 6. The van der Waals surface area contributed by atoms with Crippen LogP contribution in [0.1, 0.15) is 15.9 Å². The number of benzene rings is 1. The van der Waals surface area contributed by atoms with Crippen molar-refractivity contribution in [3.63, 3.8) is 0 Å². The van der Waals surface area contributed by atoms with Crippen LogP contribution in [0.5, 0.6) is 0 Å². The first-order valence-corrected chi connectivity index (χ1v) is 11.1. The number of carbonyl (C=O) groups is 2. The molecule has 10 nitrogen and oxygen atoms in total. The zero-order chi connectivity index (χ0) is 23.5. The lowest BCUT2D eigenvalue weighted by molar-refractivity contribution is -0.114. The van der Waals surface area contributed by atoms with Crippen LogP contribution >= 0.6 is 0 Å². The zero-order valence-corrected chi connectivity index (χ0v) is 18.8. The molecule has 0 radical (unpaired) electrons. The van der Waals surface area contributed by atoms with Gasteiger partial charge in [-0.05, 0) is 18.2 Å². The SMILES string of the molecule is Cn1cc(C=C2C=NN(c3cnccn3)C2=O)c2ccc(C(=O)NCCN3CCOCC3)cc21. The predicted octanol–water partition coefficient (Wildman–Crippen LogP) is 1.45. The fourth-order valence-corrected chi connectivity index (χ4v) is 4.11. The Balaban J connectivity index is 1.30. The first-order chi connectivity index (χ1) is 16.6. The molecule has 34 heavy (non-hydrogen) atoms. The van der Waals surface area contributed by atoms with Gasteiger partial charge in [-0.25, -0.2) is 4.98 Å². The average Bonchev–Trinajstić information content (AvgIpc) is 3.39. The second kappa shape index (κ2) is 9.54. The summed E-state index contributed by atoms with van der Waals surface area (Å²) in [6.45, 7) is 4.67. The normalized spacial score (nSPS) is 17.7. The maximum atomic E-state index is 12.8. The standard InChI is InChI=1S/C24H25N7O3/c1-29-16-19(12-18-14-28-31(24(18)33)22-15-25-4-5-26-22)20-3-2-17(13-21(20)29)23(32)27-6-7-30-8-10-34-11-9-30/h2-5,12-16H,6-11H2,1H3,(H,27,32). The minimum Gasteiger partial charge on any atom is -0.379 e. The van der Waals surface area contributed by atoms with Crippen molar-refractivity contribution in [3.05, 3.63) is 59.7 Å². The molecule has 0 spiro atoms. The lowest BCUT2D eigenvalue weighted by atomic mass is 10.1. The molecule has 0 unspecified atom stereocenters. The molecule has 4 heterocycles. The largest absolute Gasteiger partial charge is 0.379 e. The first-order valence-electron chi connectivity index (χ1n) is 11.1. The summed E-state index contributed by atoms with van der Waals surface area (Å²) < 4.78 is 7.30. The Kier molecular flexibility index (Phi) is 6.15. The third-order valence-electron chi connectivity index (χ3n) is 5.93. The molecule has 2 aromatic heterocycles. The number of morpholine rings is 1. The lowest BCUT2D eigenvalue weighted by Crippen LogP contribution is -2.41. The Morgan fingerprint density at radius 1 is 1.24 bits per heavy atom. The van der Waals surface area contributed by atoms with Gasteiger partial charge in [0.05, 0.1) is 31.2 Å². The summed E-state index contributed by atoms with van der Waals surface area (Å²) in [5, 5.41) is 9.34. The van der Waals surface area contributed by atoms with E-state index in [0.29, 0.717) is 23.5 Å². The zero-order valence-electron chi connectivity index (χ0n) is 18.8. The minimum atomic E-state index is -0.270. The number of aryl methyl sites for hydroxylation is 1. The molecule has 3 aromatic rings. The molecule has 1 aromatic carbocycles. The highest BCUT2D eigenvalue weighted by molar-refractivity contribution is 6.25. The molecule has 0 saturated carbocycles. The molecule has 0 bridgehead atoms. The van der Waals surface area contributed by atoms with Gasteiger partial charge in [-0.3, -0.25) is 19.5 Å². The molecule has 1 saturated heterocycles. The molecule has 1 N–H and O–H groups in total. The van der Waals surface area contributed by atoms with E-state index < -0.39 is 0 Å². The predicted molar refractivity (Wildman–Crippen MR) is 128 cm³/mol. The van der Waals surface area contributed by atoms with Gasteiger partial charge >= 0.3 is 0 Å². The molecule has 5 rings (SSSR count). The van der Waals surface area contributed by atoms with E-state index >= 15 is 0 Å². The molecule has 2 amide bonds. The summed E-state index contributed by atoms with van der Waals surface area (Å²) in [6, 6.07) is 5.60. The number of fused-ring (bicyclic) bond motifs is 1. The van der Waals surface area contributed by atoms with Crippen LogP contribution in [0.25, 0.3) is 17.0 Å². The number of nitrogens with one attached hydrogen (secondary N) is 1. The second-order valence-electron chi connectivity index (χ2n) is 8.16. The lowest BCUT2D eigenvalue weighted by Gasteiger charge is -2.26. The number of aromatic nitrogens is 3. The van der Waals surface area contributed by atoms with Crippen molar-refractivity contribution in [2.24, 2.45) is 12.1 Å². The van der Waals surface area contributed by atoms with Crippen LogP contribution in [0.2, 0.25) is 0 Å². The maximum absolute atomic E-state index is 12.8. The van der Waals surface area contributed by atoms with Gasteiger partial charge in [-0.15, -0.1) is 0 Å². The highest BCUT2D eigenvalue weighted by atomic mass is 16.5. The van der Waals surface area contributed by atoms with Crippen LogP contribution in [-0.2, 0) is 16.6 Å². The van der Waals surface area contributed by atoms with E-state index in [1.165, 1.54) is 23.6 Å². The number of hydrazone groups is 1. The van der Waals surface area contributed by atoms with Gasteiger partial charge in [0.15, 0.2) is 5.82 Å². The van der Waals surface area contributed by atoms with E-state index in [-0.39, 0.29) is 11.8 Å². The van der Waals surface area contributed by atoms with Gasteiger partial charge < -0.3 is 14.6 Å². The number of amides is 2. The van der Waals surface area contributed by atoms with Crippen LogP contribution in [0, 0.1) is 0 Å². The van der Waals surface area contributed by atoms with Gasteiger partial charge in [-0.2, -0.15) is 10.1 Å². The Bertz CT molecular complexity index is 1280. The molecule has 10 heteroatoms. The average molecular weight is 460 g/mol. The van der Waals surface area contributed by atoms with Crippen molar-refractivity contribution in [3.8, 4) is 0 Å². The number of hydrogen-bond donors (Lipinski definition) is 1.